The maximum Gasteiger partial charge on any atom is 0.176 e. The Bertz CT molecular complexity index is 867. The fourth-order valence-corrected chi connectivity index (χ4v) is 3.38. The first-order valence-corrected chi connectivity index (χ1v) is 8.18. The zero-order valence-electron chi connectivity index (χ0n) is 12.9. The van der Waals surface area contributed by atoms with Gasteiger partial charge in [-0.3, -0.25) is 14.6 Å². The molecule has 6 nitrogen and oxygen atoms in total. The SMILES string of the molecule is Cc1csc(NC2=NC=CN3C(c4cnn(C)c4)=CCN=C23)c1. The van der Waals surface area contributed by atoms with Gasteiger partial charge in [0.1, 0.15) is 0 Å². The number of hydrogen-bond acceptors (Lipinski definition) is 6. The molecule has 0 amide bonds. The third kappa shape index (κ3) is 2.59. The van der Waals surface area contributed by atoms with Crippen LogP contribution in [-0.4, -0.2) is 32.9 Å². The van der Waals surface area contributed by atoms with Crippen molar-refractivity contribution in [3.8, 4) is 0 Å². The maximum absolute atomic E-state index is 4.62. The van der Waals surface area contributed by atoms with Crippen molar-refractivity contribution in [1.82, 2.24) is 14.7 Å². The molecule has 116 valence electrons. The van der Waals surface area contributed by atoms with Crippen LogP contribution in [0.15, 0.2) is 52.3 Å². The molecule has 0 saturated heterocycles. The quantitative estimate of drug-likeness (QED) is 0.924. The van der Waals surface area contributed by atoms with Crippen LogP contribution < -0.4 is 5.32 Å². The lowest BCUT2D eigenvalue weighted by molar-refractivity contribution is 0.760. The third-order valence-corrected chi connectivity index (χ3v) is 4.58. The second kappa shape index (κ2) is 5.51. The Balaban J connectivity index is 1.62. The standard InChI is InChI=1S/C16H16N6S/c1-11-7-14(23-10-11)20-15-16-18-4-3-13(22(16)6-5-17-15)12-8-19-21(2)9-12/h3,5-10H,4H2,1-2H3,(H,17,20). The van der Waals surface area contributed by atoms with Crippen molar-refractivity contribution in [2.24, 2.45) is 17.0 Å². The zero-order valence-corrected chi connectivity index (χ0v) is 13.7. The van der Waals surface area contributed by atoms with Gasteiger partial charge in [-0.25, -0.2) is 4.99 Å². The normalized spacial score (nSPS) is 16.6. The summed E-state index contributed by atoms with van der Waals surface area (Å²) in [5.74, 6) is 1.60. The van der Waals surface area contributed by atoms with E-state index in [1.807, 2.05) is 25.6 Å². The summed E-state index contributed by atoms with van der Waals surface area (Å²) in [7, 11) is 1.92. The van der Waals surface area contributed by atoms with E-state index in [0.29, 0.717) is 6.54 Å². The summed E-state index contributed by atoms with van der Waals surface area (Å²) < 4.78 is 1.80. The summed E-state index contributed by atoms with van der Waals surface area (Å²) in [5, 5.41) is 10.8. The molecule has 0 fully saturated rings. The molecular formula is C16H16N6S. The van der Waals surface area contributed by atoms with Gasteiger partial charge in [0.2, 0.25) is 0 Å². The maximum atomic E-state index is 4.62. The van der Waals surface area contributed by atoms with E-state index >= 15 is 0 Å². The van der Waals surface area contributed by atoms with Gasteiger partial charge in [0, 0.05) is 31.2 Å². The lowest BCUT2D eigenvalue weighted by atomic mass is 10.1. The summed E-state index contributed by atoms with van der Waals surface area (Å²) >= 11 is 1.67. The number of fused-ring (bicyclic) bond motifs is 1. The van der Waals surface area contributed by atoms with Gasteiger partial charge < -0.3 is 5.32 Å². The Morgan fingerprint density at radius 1 is 1.35 bits per heavy atom. The van der Waals surface area contributed by atoms with E-state index in [4.69, 9.17) is 0 Å². The molecule has 0 aromatic carbocycles. The topological polar surface area (TPSA) is 57.8 Å². The van der Waals surface area contributed by atoms with Crippen molar-refractivity contribution in [3.63, 3.8) is 0 Å². The molecule has 0 saturated carbocycles. The van der Waals surface area contributed by atoms with E-state index in [2.05, 4.69) is 49.7 Å². The fraction of sp³-hybridized carbons (Fsp3) is 0.188. The average molecular weight is 324 g/mol. The van der Waals surface area contributed by atoms with Crippen molar-refractivity contribution < 1.29 is 0 Å². The first kappa shape index (κ1) is 14.0. The molecule has 2 aromatic rings. The first-order chi connectivity index (χ1) is 11.2. The highest BCUT2D eigenvalue weighted by Gasteiger charge is 2.25. The number of thiophene rings is 1. The number of aliphatic imine (C=N–C) groups is 2. The van der Waals surface area contributed by atoms with E-state index in [1.54, 1.807) is 22.2 Å². The first-order valence-electron chi connectivity index (χ1n) is 7.30. The van der Waals surface area contributed by atoms with Crippen molar-refractivity contribution in [3.05, 3.63) is 53.4 Å². The minimum absolute atomic E-state index is 0.633. The van der Waals surface area contributed by atoms with Crippen LogP contribution in [0, 0.1) is 6.92 Å². The summed E-state index contributed by atoms with van der Waals surface area (Å²) in [6.07, 6.45) is 9.69. The highest BCUT2D eigenvalue weighted by atomic mass is 32.1. The van der Waals surface area contributed by atoms with E-state index in [1.165, 1.54) is 5.56 Å². The molecule has 0 aliphatic carbocycles. The molecule has 23 heavy (non-hydrogen) atoms. The van der Waals surface area contributed by atoms with Crippen LogP contribution in [0.4, 0.5) is 5.00 Å². The number of rotatable bonds is 2. The monoisotopic (exact) mass is 324 g/mol. The summed E-state index contributed by atoms with van der Waals surface area (Å²) in [6.45, 7) is 2.71. The Kier molecular flexibility index (Phi) is 3.34. The predicted octanol–water partition coefficient (Wildman–Crippen LogP) is 2.84. The van der Waals surface area contributed by atoms with Gasteiger partial charge in [0.05, 0.1) is 23.4 Å². The molecule has 2 aromatic heterocycles. The van der Waals surface area contributed by atoms with Crippen LogP contribution in [0.1, 0.15) is 11.1 Å². The van der Waals surface area contributed by atoms with Gasteiger partial charge in [-0.05, 0) is 30.0 Å². The number of nitrogens with zero attached hydrogens (tertiary/aromatic N) is 5. The van der Waals surface area contributed by atoms with E-state index < -0.39 is 0 Å². The predicted molar refractivity (Wildman–Crippen MR) is 94.6 cm³/mol. The molecule has 0 unspecified atom stereocenters. The minimum atomic E-state index is 0.633. The Hall–Kier alpha value is -2.67. The van der Waals surface area contributed by atoms with Crippen molar-refractivity contribution in [2.75, 3.05) is 11.9 Å². The van der Waals surface area contributed by atoms with Crippen LogP contribution in [0.3, 0.4) is 0 Å². The molecule has 4 heterocycles. The number of aromatic nitrogens is 2. The fourth-order valence-electron chi connectivity index (χ4n) is 2.59. The summed E-state index contributed by atoms with van der Waals surface area (Å²) in [5.41, 5.74) is 3.39. The summed E-state index contributed by atoms with van der Waals surface area (Å²) in [6, 6.07) is 2.11. The minimum Gasteiger partial charge on any atom is -0.329 e. The number of amidine groups is 2. The molecule has 2 aliphatic rings. The second-order valence-corrected chi connectivity index (χ2v) is 6.33. The number of aryl methyl sites for hydroxylation is 2. The average Bonchev–Trinajstić information content (AvgIpc) is 3.16. The summed E-state index contributed by atoms with van der Waals surface area (Å²) in [4.78, 5) is 11.1. The van der Waals surface area contributed by atoms with Gasteiger partial charge in [-0.2, -0.15) is 5.10 Å². The van der Waals surface area contributed by atoms with Crippen molar-refractivity contribution in [1.29, 1.82) is 0 Å². The van der Waals surface area contributed by atoms with Gasteiger partial charge in [-0.15, -0.1) is 11.3 Å². The lowest BCUT2D eigenvalue weighted by Crippen LogP contribution is -2.39. The van der Waals surface area contributed by atoms with E-state index in [9.17, 15) is 0 Å². The molecule has 7 heteroatoms. The van der Waals surface area contributed by atoms with Crippen molar-refractivity contribution in [2.45, 2.75) is 6.92 Å². The molecular weight excluding hydrogens is 308 g/mol. The van der Waals surface area contributed by atoms with E-state index in [-0.39, 0.29) is 0 Å². The smallest absolute Gasteiger partial charge is 0.176 e. The molecule has 0 radical (unpaired) electrons. The van der Waals surface area contributed by atoms with Gasteiger partial charge in [0.15, 0.2) is 11.7 Å². The highest BCUT2D eigenvalue weighted by Crippen LogP contribution is 2.26. The number of hydrogen-bond donors (Lipinski definition) is 1. The molecule has 4 rings (SSSR count). The van der Waals surface area contributed by atoms with Crippen molar-refractivity contribution >= 4 is 33.7 Å². The number of anilines is 1. The Morgan fingerprint density at radius 3 is 3.00 bits per heavy atom. The lowest BCUT2D eigenvalue weighted by Gasteiger charge is -2.30. The van der Waals surface area contributed by atoms with Gasteiger partial charge in [0.25, 0.3) is 0 Å². The van der Waals surface area contributed by atoms with Crippen LogP contribution in [0.2, 0.25) is 0 Å². The second-order valence-electron chi connectivity index (χ2n) is 5.42. The van der Waals surface area contributed by atoms with Gasteiger partial charge in [-0.1, -0.05) is 0 Å². The molecule has 2 aliphatic heterocycles. The van der Waals surface area contributed by atoms with Crippen LogP contribution in [-0.2, 0) is 7.05 Å². The Labute approximate surface area is 138 Å². The molecule has 0 bridgehead atoms. The Morgan fingerprint density at radius 2 is 2.26 bits per heavy atom. The number of nitrogens with one attached hydrogen (secondary N) is 1. The third-order valence-electron chi connectivity index (χ3n) is 3.62. The molecule has 1 N–H and O–H groups in total. The molecule has 0 atom stereocenters. The van der Waals surface area contributed by atoms with Crippen LogP contribution >= 0.6 is 11.3 Å². The van der Waals surface area contributed by atoms with Gasteiger partial charge >= 0.3 is 0 Å². The zero-order chi connectivity index (χ0) is 15.8. The van der Waals surface area contributed by atoms with E-state index in [0.717, 1.165) is 27.9 Å². The van der Waals surface area contributed by atoms with Crippen LogP contribution in [0.5, 0.6) is 0 Å². The molecule has 0 spiro atoms. The van der Waals surface area contributed by atoms with Crippen LogP contribution in [0.25, 0.3) is 5.70 Å². The highest BCUT2D eigenvalue weighted by molar-refractivity contribution is 7.14. The largest absolute Gasteiger partial charge is 0.329 e.